The van der Waals surface area contributed by atoms with Crippen LogP contribution in [0.25, 0.3) is 0 Å². The van der Waals surface area contributed by atoms with Crippen molar-refractivity contribution < 1.29 is 14.3 Å². The Labute approximate surface area is 118 Å². The summed E-state index contributed by atoms with van der Waals surface area (Å²) in [6.07, 6.45) is 0.658. The van der Waals surface area contributed by atoms with Crippen molar-refractivity contribution >= 4 is 22.8 Å². The third kappa shape index (κ3) is 3.35. The van der Waals surface area contributed by atoms with Crippen LogP contribution in [0.1, 0.15) is 37.8 Å². The fourth-order valence-electron chi connectivity index (χ4n) is 2.09. The van der Waals surface area contributed by atoms with Gasteiger partial charge in [-0.3, -0.25) is 9.59 Å². The molecule has 104 valence electrons. The van der Waals surface area contributed by atoms with Crippen molar-refractivity contribution in [1.82, 2.24) is 0 Å². The Balaban J connectivity index is 3.03. The lowest BCUT2D eigenvalue weighted by atomic mass is 9.84. The van der Waals surface area contributed by atoms with Crippen molar-refractivity contribution in [1.29, 1.82) is 0 Å². The SMILES string of the molecule is CCC(CC)(C(=O)Cl)C(=O)Oc1cc(C)cc(C)c1. The molecule has 3 nitrogen and oxygen atoms in total. The van der Waals surface area contributed by atoms with Crippen LogP contribution in [0.2, 0.25) is 0 Å². The lowest BCUT2D eigenvalue weighted by Crippen LogP contribution is -2.39. The van der Waals surface area contributed by atoms with Crippen molar-refractivity contribution in [3.8, 4) is 5.75 Å². The lowest BCUT2D eigenvalue weighted by molar-refractivity contribution is -0.150. The van der Waals surface area contributed by atoms with Crippen LogP contribution in [0.4, 0.5) is 0 Å². The van der Waals surface area contributed by atoms with E-state index < -0.39 is 16.6 Å². The largest absolute Gasteiger partial charge is 0.426 e. The molecule has 1 aromatic rings. The highest BCUT2D eigenvalue weighted by molar-refractivity contribution is 6.66. The van der Waals surface area contributed by atoms with Gasteiger partial charge in [0.2, 0.25) is 5.24 Å². The summed E-state index contributed by atoms with van der Waals surface area (Å²) in [6.45, 7) is 7.35. The predicted molar refractivity (Wildman–Crippen MR) is 75.4 cm³/mol. The maximum Gasteiger partial charge on any atom is 0.326 e. The normalized spacial score (nSPS) is 11.2. The van der Waals surface area contributed by atoms with Gasteiger partial charge in [-0.2, -0.15) is 0 Å². The number of ether oxygens (including phenoxy) is 1. The minimum atomic E-state index is -1.25. The van der Waals surface area contributed by atoms with Gasteiger partial charge < -0.3 is 4.74 Å². The molecule has 19 heavy (non-hydrogen) atoms. The van der Waals surface area contributed by atoms with E-state index >= 15 is 0 Å². The molecule has 0 radical (unpaired) electrons. The monoisotopic (exact) mass is 282 g/mol. The standard InChI is InChI=1S/C15H19ClO3/c1-5-15(6-2,13(16)17)14(18)19-12-8-10(3)7-11(4)9-12/h7-9H,5-6H2,1-4H3. The molecule has 0 amide bonds. The minimum Gasteiger partial charge on any atom is -0.426 e. The number of hydrogen-bond donors (Lipinski definition) is 0. The van der Waals surface area contributed by atoms with Crippen LogP contribution in [0.15, 0.2) is 18.2 Å². The highest BCUT2D eigenvalue weighted by atomic mass is 35.5. The number of carbonyl (C=O) groups is 2. The van der Waals surface area contributed by atoms with Crippen LogP contribution in [-0.2, 0) is 9.59 Å². The Morgan fingerprint density at radius 2 is 1.58 bits per heavy atom. The third-order valence-corrected chi connectivity index (χ3v) is 3.74. The zero-order chi connectivity index (χ0) is 14.6. The number of halogens is 1. The summed E-state index contributed by atoms with van der Waals surface area (Å²) < 4.78 is 5.34. The number of rotatable bonds is 5. The summed E-state index contributed by atoms with van der Waals surface area (Å²) in [7, 11) is 0. The molecule has 1 rings (SSSR count). The van der Waals surface area contributed by atoms with Gasteiger partial charge in [-0.15, -0.1) is 0 Å². The zero-order valence-electron chi connectivity index (χ0n) is 11.7. The first-order valence-corrected chi connectivity index (χ1v) is 6.74. The average Bonchev–Trinajstić information content (AvgIpc) is 2.29. The molecule has 0 aliphatic carbocycles. The zero-order valence-corrected chi connectivity index (χ0v) is 12.5. The maximum absolute atomic E-state index is 12.2. The smallest absolute Gasteiger partial charge is 0.326 e. The van der Waals surface area contributed by atoms with E-state index in [-0.39, 0.29) is 0 Å². The maximum atomic E-state index is 12.2. The first-order chi connectivity index (χ1) is 8.85. The Bertz CT molecular complexity index is 470. The van der Waals surface area contributed by atoms with Crippen LogP contribution >= 0.6 is 11.6 Å². The third-order valence-electron chi connectivity index (χ3n) is 3.38. The Morgan fingerprint density at radius 1 is 1.11 bits per heavy atom. The molecule has 0 N–H and O–H groups in total. The number of hydrogen-bond acceptors (Lipinski definition) is 3. The van der Waals surface area contributed by atoms with E-state index in [4.69, 9.17) is 16.3 Å². The molecule has 0 atom stereocenters. The molecular formula is C15H19ClO3. The van der Waals surface area contributed by atoms with Crippen molar-refractivity contribution in [2.24, 2.45) is 5.41 Å². The van der Waals surface area contributed by atoms with E-state index in [1.807, 2.05) is 19.9 Å². The van der Waals surface area contributed by atoms with Crippen molar-refractivity contribution in [2.75, 3.05) is 0 Å². The second-order valence-corrected chi connectivity index (χ2v) is 5.12. The van der Waals surface area contributed by atoms with Crippen LogP contribution in [0, 0.1) is 19.3 Å². The quantitative estimate of drug-likeness (QED) is 0.357. The van der Waals surface area contributed by atoms with Crippen LogP contribution < -0.4 is 4.74 Å². The predicted octanol–water partition coefficient (Wildman–Crippen LogP) is 3.78. The van der Waals surface area contributed by atoms with Gasteiger partial charge in [0, 0.05) is 0 Å². The Kier molecular flexibility index (Phi) is 5.12. The first kappa shape index (κ1) is 15.7. The van der Waals surface area contributed by atoms with Crippen molar-refractivity contribution in [3.05, 3.63) is 29.3 Å². The number of benzene rings is 1. The van der Waals surface area contributed by atoms with E-state index in [0.717, 1.165) is 11.1 Å². The molecule has 0 fully saturated rings. The fourth-order valence-corrected chi connectivity index (χ4v) is 2.44. The molecule has 0 saturated heterocycles. The van der Waals surface area contributed by atoms with E-state index in [2.05, 4.69) is 0 Å². The summed E-state index contributed by atoms with van der Waals surface area (Å²) in [6, 6.07) is 5.51. The lowest BCUT2D eigenvalue weighted by Gasteiger charge is -2.24. The van der Waals surface area contributed by atoms with E-state index in [0.29, 0.717) is 18.6 Å². The summed E-state index contributed by atoms with van der Waals surface area (Å²) in [5.74, 6) is -0.130. The van der Waals surface area contributed by atoms with Crippen LogP contribution in [-0.4, -0.2) is 11.2 Å². The second kappa shape index (κ2) is 6.20. The highest BCUT2D eigenvalue weighted by Gasteiger charge is 2.43. The Morgan fingerprint density at radius 3 is 1.95 bits per heavy atom. The van der Waals surface area contributed by atoms with Gasteiger partial charge in [0.15, 0.2) is 0 Å². The van der Waals surface area contributed by atoms with Gasteiger partial charge in [-0.05, 0) is 61.5 Å². The topological polar surface area (TPSA) is 43.4 Å². The first-order valence-electron chi connectivity index (χ1n) is 6.36. The molecule has 0 unspecified atom stereocenters. The minimum absolute atomic E-state index is 0.329. The van der Waals surface area contributed by atoms with Gasteiger partial charge in [0.05, 0.1) is 0 Å². The summed E-state index contributed by atoms with van der Waals surface area (Å²) >= 11 is 5.58. The summed E-state index contributed by atoms with van der Waals surface area (Å²) in [5.41, 5.74) is 0.747. The molecule has 0 heterocycles. The molecule has 0 spiro atoms. The highest BCUT2D eigenvalue weighted by Crippen LogP contribution is 2.32. The summed E-state index contributed by atoms with van der Waals surface area (Å²) in [5, 5.41) is -0.660. The van der Waals surface area contributed by atoms with Gasteiger partial charge >= 0.3 is 5.97 Å². The second-order valence-electron chi connectivity index (χ2n) is 4.78. The van der Waals surface area contributed by atoms with Gasteiger partial charge in [-0.1, -0.05) is 19.9 Å². The van der Waals surface area contributed by atoms with E-state index in [9.17, 15) is 9.59 Å². The van der Waals surface area contributed by atoms with Crippen LogP contribution in [0.5, 0.6) is 5.75 Å². The molecule has 1 aromatic carbocycles. The molecular weight excluding hydrogens is 264 g/mol. The van der Waals surface area contributed by atoms with Gasteiger partial charge in [-0.25, -0.2) is 0 Å². The molecule has 0 bridgehead atoms. The van der Waals surface area contributed by atoms with E-state index in [1.54, 1.807) is 26.0 Å². The van der Waals surface area contributed by atoms with Gasteiger partial charge in [0.25, 0.3) is 0 Å². The number of carbonyl (C=O) groups excluding carboxylic acids is 2. The molecule has 0 aliphatic rings. The number of aryl methyl sites for hydroxylation is 2. The summed E-state index contributed by atoms with van der Waals surface area (Å²) in [4.78, 5) is 23.8. The molecule has 0 aromatic heterocycles. The molecule has 0 aliphatic heterocycles. The molecule has 4 heteroatoms. The Hall–Kier alpha value is -1.35. The average molecular weight is 283 g/mol. The van der Waals surface area contributed by atoms with Crippen molar-refractivity contribution in [3.63, 3.8) is 0 Å². The fraction of sp³-hybridized carbons (Fsp3) is 0.467. The van der Waals surface area contributed by atoms with Crippen molar-refractivity contribution in [2.45, 2.75) is 40.5 Å². The van der Waals surface area contributed by atoms with Crippen LogP contribution in [0.3, 0.4) is 0 Å². The molecule has 0 saturated carbocycles. The number of esters is 1. The van der Waals surface area contributed by atoms with E-state index in [1.165, 1.54) is 0 Å². The van der Waals surface area contributed by atoms with Gasteiger partial charge in [0.1, 0.15) is 11.2 Å².